The average molecular weight is 362 g/mol. The third-order valence-corrected chi connectivity index (χ3v) is 4.46. The van der Waals surface area contributed by atoms with Crippen LogP contribution in [0.1, 0.15) is 12.0 Å². The summed E-state index contributed by atoms with van der Waals surface area (Å²) in [6.07, 6.45) is 1.05. The van der Waals surface area contributed by atoms with E-state index < -0.39 is 0 Å². The molecule has 0 radical (unpaired) electrons. The van der Waals surface area contributed by atoms with Gasteiger partial charge < -0.3 is 14.5 Å². The van der Waals surface area contributed by atoms with E-state index in [-0.39, 0.29) is 0 Å². The SMILES string of the molecule is Cc1cc(Cl)cc(Br)c1OCCCN1CCN(C)CC1. The highest BCUT2D eigenvalue weighted by atomic mass is 79.9. The first-order valence-corrected chi connectivity index (χ1v) is 8.22. The van der Waals surface area contributed by atoms with Crippen molar-refractivity contribution in [2.24, 2.45) is 0 Å². The topological polar surface area (TPSA) is 15.7 Å². The van der Waals surface area contributed by atoms with E-state index in [1.165, 1.54) is 26.2 Å². The van der Waals surface area contributed by atoms with Gasteiger partial charge in [-0.2, -0.15) is 0 Å². The molecule has 0 aliphatic carbocycles. The lowest BCUT2D eigenvalue weighted by molar-refractivity contribution is 0.145. The highest BCUT2D eigenvalue weighted by Gasteiger charge is 2.13. The van der Waals surface area contributed by atoms with Crippen LogP contribution in [0.2, 0.25) is 5.02 Å². The fourth-order valence-electron chi connectivity index (χ4n) is 2.41. The zero-order chi connectivity index (χ0) is 14.5. The molecule has 1 aliphatic rings. The van der Waals surface area contributed by atoms with Gasteiger partial charge in [0.1, 0.15) is 5.75 Å². The zero-order valence-electron chi connectivity index (χ0n) is 12.2. The molecule has 2 rings (SSSR count). The molecule has 5 heteroatoms. The number of nitrogens with zero attached hydrogens (tertiary/aromatic N) is 2. The second kappa shape index (κ2) is 7.64. The smallest absolute Gasteiger partial charge is 0.136 e. The summed E-state index contributed by atoms with van der Waals surface area (Å²) in [6, 6.07) is 3.81. The maximum Gasteiger partial charge on any atom is 0.136 e. The Labute approximate surface area is 135 Å². The lowest BCUT2D eigenvalue weighted by Crippen LogP contribution is -2.44. The highest BCUT2D eigenvalue weighted by molar-refractivity contribution is 9.10. The van der Waals surface area contributed by atoms with Crippen molar-refractivity contribution in [3.05, 3.63) is 27.2 Å². The number of halogens is 2. The number of rotatable bonds is 5. The van der Waals surface area contributed by atoms with Crippen LogP contribution in [-0.4, -0.2) is 56.2 Å². The van der Waals surface area contributed by atoms with E-state index in [2.05, 4.69) is 32.8 Å². The molecule has 1 fully saturated rings. The van der Waals surface area contributed by atoms with Crippen LogP contribution < -0.4 is 4.74 Å². The van der Waals surface area contributed by atoms with Crippen molar-refractivity contribution in [2.45, 2.75) is 13.3 Å². The van der Waals surface area contributed by atoms with Crippen molar-refractivity contribution in [3.63, 3.8) is 0 Å². The molecule has 0 amide bonds. The molecular weight excluding hydrogens is 340 g/mol. The van der Waals surface area contributed by atoms with Gasteiger partial charge in [-0.3, -0.25) is 0 Å². The second-order valence-corrected chi connectivity index (χ2v) is 6.67. The number of likely N-dealkylation sites (N-methyl/N-ethyl adjacent to an activating group) is 1. The standard InChI is InChI=1S/C15H22BrClN2O/c1-12-10-13(17)11-14(16)15(12)20-9-3-4-19-7-5-18(2)6-8-19/h10-11H,3-9H2,1-2H3. The Kier molecular flexibility index (Phi) is 6.15. The van der Waals surface area contributed by atoms with Gasteiger partial charge in [-0.1, -0.05) is 11.6 Å². The van der Waals surface area contributed by atoms with Crippen molar-refractivity contribution < 1.29 is 4.74 Å². The molecule has 0 spiro atoms. The summed E-state index contributed by atoms with van der Waals surface area (Å²) < 4.78 is 6.82. The van der Waals surface area contributed by atoms with E-state index in [1.54, 1.807) is 0 Å². The fourth-order valence-corrected chi connectivity index (χ4v) is 3.48. The molecule has 3 nitrogen and oxygen atoms in total. The number of piperazine rings is 1. The number of benzene rings is 1. The lowest BCUT2D eigenvalue weighted by atomic mass is 10.2. The van der Waals surface area contributed by atoms with Gasteiger partial charge in [-0.25, -0.2) is 0 Å². The van der Waals surface area contributed by atoms with Gasteiger partial charge in [0.15, 0.2) is 0 Å². The predicted octanol–water partition coefficient (Wildman–Crippen LogP) is 3.43. The molecule has 1 aromatic carbocycles. The Morgan fingerprint density at radius 1 is 1.25 bits per heavy atom. The van der Waals surface area contributed by atoms with Crippen LogP contribution in [0.3, 0.4) is 0 Å². The summed E-state index contributed by atoms with van der Waals surface area (Å²) in [5.74, 6) is 0.910. The van der Waals surface area contributed by atoms with E-state index in [9.17, 15) is 0 Å². The van der Waals surface area contributed by atoms with E-state index in [0.29, 0.717) is 0 Å². The summed E-state index contributed by atoms with van der Waals surface area (Å²) in [5, 5.41) is 0.735. The van der Waals surface area contributed by atoms with Crippen molar-refractivity contribution in [3.8, 4) is 5.75 Å². The molecule has 1 heterocycles. The molecule has 112 valence electrons. The molecule has 0 unspecified atom stereocenters. The first-order valence-electron chi connectivity index (χ1n) is 7.05. The van der Waals surface area contributed by atoms with Gasteiger partial charge in [-0.05, 0) is 54.0 Å². The molecule has 0 aromatic heterocycles. The molecule has 0 N–H and O–H groups in total. The Bertz CT molecular complexity index is 424. The summed E-state index contributed by atoms with van der Waals surface area (Å²) in [7, 11) is 2.18. The van der Waals surface area contributed by atoms with Crippen LogP contribution in [0, 0.1) is 6.92 Å². The third-order valence-electron chi connectivity index (χ3n) is 3.66. The number of aryl methyl sites for hydroxylation is 1. The quantitative estimate of drug-likeness (QED) is 0.747. The van der Waals surface area contributed by atoms with E-state index in [1.807, 2.05) is 19.1 Å². The van der Waals surface area contributed by atoms with E-state index in [4.69, 9.17) is 16.3 Å². The average Bonchev–Trinajstić information content (AvgIpc) is 2.39. The van der Waals surface area contributed by atoms with Crippen LogP contribution in [0.25, 0.3) is 0 Å². The van der Waals surface area contributed by atoms with Gasteiger partial charge in [0.05, 0.1) is 11.1 Å². The molecule has 1 aromatic rings. The van der Waals surface area contributed by atoms with Crippen molar-refractivity contribution in [2.75, 3.05) is 46.4 Å². The van der Waals surface area contributed by atoms with Crippen LogP contribution in [0.15, 0.2) is 16.6 Å². The Hall–Kier alpha value is -0.290. The molecule has 0 saturated carbocycles. The Morgan fingerprint density at radius 2 is 1.95 bits per heavy atom. The minimum atomic E-state index is 0.735. The number of ether oxygens (including phenoxy) is 1. The van der Waals surface area contributed by atoms with Crippen LogP contribution >= 0.6 is 27.5 Å². The van der Waals surface area contributed by atoms with Crippen molar-refractivity contribution >= 4 is 27.5 Å². The fraction of sp³-hybridized carbons (Fsp3) is 0.600. The monoisotopic (exact) mass is 360 g/mol. The Morgan fingerprint density at radius 3 is 2.60 bits per heavy atom. The summed E-state index contributed by atoms with van der Waals surface area (Å²) in [5.41, 5.74) is 1.07. The Balaban J connectivity index is 1.74. The second-order valence-electron chi connectivity index (χ2n) is 5.38. The normalized spacial score (nSPS) is 17.4. The van der Waals surface area contributed by atoms with Gasteiger partial charge >= 0.3 is 0 Å². The van der Waals surface area contributed by atoms with E-state index in [0.717, 1.165) is 40.4 Å². The third kappa shape index (κ3) is 4.62. The first kappa shape index (κ1) is 16.1. The maximum absolute atomic E-state index is 6.00. The zero-order valence-corrected chi connectivity index (χ0v) is 14.5. The van der Waals surface area contributed by atoms with Crippen molar-refractivity contribution in [1.82, 2.24) is 9.80 Å². The molecular formula is C15H22BrClN2O. The molecule has 1 aliphatic heterocycles. The molecule has 0 atom stereocenters. The van der Waals surface area contributed by atoms with Crippen LogP contribution in [-0.2, 0) is 0 Å². The first-order chi connectivity index (χ1) is 9.56. The van der Waals surface area contributed by atoms with Crippen LogP contribution in [0.4, 0.5) is 0 Å². The minimum absolute atomic E-state index is 0.735. The highest BCUT2D eigenvalue weighted by Crippen LogP contribution is 2.32. The van der Waals surface area contributed by atoms with Gasteiger partial charge in [0.25, 0.3) is 0 Å². The molecule has 1 saturated heterocycles. The molecule has 0 bridgehead atoms. The van der Waals surface area contributed by atoms with Gasteiger partial charge in [-0.15, -0.1) is 0 Å². The van der Waals surface area contributed by atoms with E-state index >= 15 is 0 Å². The van der Waals surface area contributed by atoms with Gasteiger partial charge in [0, 0.05) is 37.7 Å². The minimum Gasteiger partial charge on any atom is -0.492 e. The van der Waals surface area contributed by atoms with Gasteiger partial charge in [0.2, 0.25) is 0 Å². The van der Waals surface area contributed by atoms with Crippen LogP contribution in [0.5, 0.6) is 5.75 Å². The summed E-state index contributed by atoms with van der Waals surface area (Å²) in [6.45, 7) is 8.55. The summed E-state index contributed by atoms with van der Waals surface area (Å²) >= 11 is 9.51. The number of hydrogen-bond donors (Lipinski definition) is 0. The lowest BCUT2D eigenvalue weighted by Gasteiger charge is -2.32. The largest absolute Gasteiger partial charge is 0.492 e. The summed E-state index contributed by atoms with van der Waals surface area (Å²) in [4.78, 5) is 4.88. The number of hydrogen-bond acceptors (Lipinski definition) is 3. The van der Waals surface area contributed by atoms with Crippen molar-refractivity contribution in [1.29, 1.82) is 0 Å². The maximum atomic E-state index is 6.00. The predicted molar refractivity (Wildman–Crippen MR) is 87.9 cm³/mol. The molecule has 20 heavy (non-hydrogen) atoms.